The Bertz CT molecular complexity index is 542. The highest BCUT2D eigenvalue weighted by molar-refractivity contribution is 6.05. The lowest BCUT2D eigenvalue weighted by atomic mass is 9.75. The second-order valence-electron chi connectivity index (χ2n) is 6.46. The zero-order valence-corrected chi connectivity index (χ0v) is 12.3. The average molecular weight is 254 g/mol. The summed E-state index contributed by atoms with van der Waals surface area (Å²) in [6.45, 7) is 8.69. The van der Waals surface area contributed by atoms with Crippen molar-refractivity contribution in [2.45, 2.75) is 40.5 Å². The van der Waals surface area contributed by atoms with Crippen LogP contribution in [-0.4, -0.2) is 5.78 Å². The van der Waals surface area contributed by atoms with Crippen molar-refractivity contribution in [2.24, 2.45) is 5.41 Å². The Morgan fingerprint density at radius 2 is 1.74 bits per heavy atom. The Kier molecular flexibility index (Phi) is 3.75. The molecule has 0 bridgehead atoms. The first-order valence-corrected chi connectivity index (χ1v) is 6.84. The maximum absolute atomic E-state index is 12.2. The topological polar surface area (TPSA) is 17.1 Å². The third-order valence-electron chi connectivity index (χ3n) is 3.52. The zero-order valence-electron chi connectivity index (χ0n) is 12.3. The van der Waals surface area contributed by atoms with Crippen molar-refractivity contribution in [2.75, 3.05) is 0 Å². The minimum Gasteiger partial charge on any atom is -0.289 e. The lowest BCUT2D eigenvalue weighted by Gasteiger charge is -2.30. The molecule has 1 nitrogen and oxygen atoms in total. The van der Waals surface area contributed by atoms with Crippen LogP contribution in [0.5, 0.6) is 0 Å². The molecule has 0 unspecified atom stereocenters. The van der Waals surface area contributed by atoms with E-state index in [1.807, 2.05) is 31.2 Å². The van der Waals surface area contributed by atoms with Crippen molar-refractivity contribution in [3.8, 4) is 0 Å². The fraction of sp³-hybridized carbons (Fsp3) is 0.389. The van der Waals surface area contributed by atoms with Gasteiger partial charge in [-0.3, -0.25) is 4.79 Å². The van der Waals surface area contributed by atoms with Crippen LogP contribution < -0.4 is 0 Å². The standard InChI is InChI=1S/C18H22O/c1-13-5-7-16(8-6-13)17(19)10-15-9-14(2)11-18(3,4)12-15/h5-10H,11-12H2,1-4H3/b15-10-. The predicted octanol–water partition coefficient (Wildman–Crippen LogP) is 4.87. The maximum atomic E-state index is 12.2. The molecule has 1 heteroatoms. The normalized spacial score (nSPS) is 20.2. The third-order valence-corrected chi connectivity index (χ3v) is 3.52. The van der Waals surface area contributed by atoms with E-state index in [2.05, 4.69) is 26.8 Å². The molecule has 0 atom stereocenters. The summed E-state index contributed by atoms with van der Waals surface area (Å²) in [7, 11) is 0. The number of ketones is 1. The number of benzene rings is 1. The third kappa shape index (κ3) is 3.66. The second kappa shape index (κ2) is 5.16. The molecule has 0 amide bonds. The molecule has 0 radical (unpaired) electrons. The van der Waals surface area contributed by atoms with Gasteiger partial charge in [0.25, 0.3) is 0 Å². The molecule has 1 aromatic rings. The van der Waals surface area contributed by atoms with Gasteiger partial charge >= 0.3 is 0 Å². The molecular formula is C18H22O. The Morgan fingerprint density at radius 3 is 2.32 bits per heavy atom. The fourth-order valence-electron chi connectivity index (χ4n) is 2.85. The Morgan fingerprint density at radius 1 is 1.11 bits per heavy atom. The number of carbonyl (C=O) groups excluding carboxylic acids is 1. The van der Waals surface area contributed by atoms with Crippen LogP contribution >= 0.6 is 0 Å². The molecule has 100 valence electrons. The monoisotopic (exact) mass is 254 g/mol. The molecule has 0 heterocycles. The molecule has 0 saturated carbocycles. The lowest BCUT2D eigenvalue weighted by molar-refractivity contribution is 0.104. The van der Waals surface area contributed by atoms with Gasteiger partial charge in [0.2, 0.25) is 0 Å². The van der Waals surface area contributed by atoms with Gasteiger partial charge in [0, 0.05) is 5.56 Å². The van der Waals surface area contributed by atoms with E-state index >= 15 is 0 Å². The number of rotatable bonds is 2. The van der Waals surface area contributed by atoms with Gasteiger partial charge in [0.15, 0.2) is 5.78 Å². The first-order chi connectivity index (χ1) is 8.85. The Hall–Kier alpha value is -1.63. The Balaban J connectivity index is 2.24. The quantitative estimate of drug-likeness (QED) is 0.543. The summed E-state index contributed by atoms with van der Waals surface area (Å²) >= 11 is 0. The van der Waals surface area contributed by atoms with Crippen molar-refractivity contribution in [3.05, 3.63) is 58.7 Å². The van der Waals surface area contributed by atoms with Gasteiger partial charge in [-0.05, 0) is 43.8 Å². The predicted molar refractivity (Wildman–Crippen MR) is 80.4 cm³/mol. The van der Waals surface area contributed by atoms with E-state index in [1.54, 1.807) is 6.08 Å². The van der Waals surface area contributed by atoms with Gasteiger partial charge in [0.05, 0.1) is 0 Å². The maximum Gasteiger partial charge on any atom is 0.186 e. The van der Waals surface area contributed by atoms with E-state index in [-0.39, 0.29) is 11.2 Å². The summed E-state index contributed by atoms with van der Waals surface area (Å²) in [5, 5.41) is 0. The van der Waals surface area contributed by atoms with Crippen LogP contribution in [0.25, 0.3) is 0 Å². The van der Waals surface area contributed by atoms with Crippen molar-refractivity contribution in [1.29, 1.82) is 0 Å². The molecule has 0 saturated heterocycles. The number of hydrogen-bond acceptors (Lipinski definition) is 1. The molecule has 0 N–H and O–H groups in total. The summed E-state index contributed by atoms with van der Waals surface area (Å²) < 4.78 is 0. The van der Waals surface area contributed by atoms with E-state index in [0.29, 0.717) is 0 Å². The summed E-state index contributed by atoms with van der Waals surface area (Å²) in [6.07, 6.45) is 6.05. The highest BCUT2D eigenvalue weighted by Crippen LogP contribution is 2.37. The van der Waals surface area contributed by atoms with Gasteiger partial charge in [-0.15, -0.1) is 0 Å². The molecule has 1 aliphatic rings. The molecule has 2 rings (SSSR count). The van der Waals surface area contributed by atoms with E-state index in [4.69, 9.17) is 0 Å². The molecule has 0 aromatic heterocycles. The minimum atomic E-state index is 0.108. The van der Waals surface area contributed by atoms with Crippen molar-refractivity contribution in [1.82, 2.24) is 0 Å². The summed E-state index contributed by atoms with van der Waals surface area (Å²) in [4.78, 5) is 12.2. The van der Waals surface area contributed by atoms with E-state index in [0.717, 1.165) is 24.0 Å². The van der Waals surface area contributed by atoms with Gasteiger partial charge in [-0.25, -0.2) is 0 Å². The lowest BCUT2D eigenvalue weighted by Crippen LogP contribution is -2.17. The van der Waals surface area contributed by atoms with Crippen LogP contribution in [0.3, 0.4) is 0 Å². The van der Waals surface area contributed by atoms with Gasteiger partial charge in [-0.2, -0.15) is 0 Å². The smallest absolute Gasteiger partial charge is 0.186 e. The minimum absolute atomic E-state index is 0.108. The summed E-state index contributed by atoms with van der Waals surface area (Å²) in [6, 6.07) is 7.77. The van der Waals surface area contributed by atoms with Gasteiger partial charge in [0.1, 0.15) is 0 Å². The number of aryl methyl sites for hydroxylation is 1. The molecule has 1 aromatic carbocycles. The van der Waals surface area contributed by atoms with Crippen molar-refractivity contribution >= 4 is 5.78 Å². The summed E-state index contributed by atoms with van der Waals surface area (Å²) in [5.74, 6) is 0.108. The first kappa shape index (κ1) is 13.8. The van der Waals surface area contributed by atoms with Crippen LogP contribution in [0.15, 0.2) is 47.6 Å². The molecular weight excluding hydrogens is 232 g/mol. The molecule has 0 fully saturated rings. The van der Waals surface area contributed by atoms with E-state index in [9.17, 15) is 4.79 Å². The van der Waals surface area contributed by atoms with Crippen molar-refractivity contribution < 1.29 is 4.79 Å². The van der Waals surface area contributed by atoms with Crippen LogP contribution in [0.2, 0.25) is 0 Å². The first-order valence-electron chi connectivity index (χ1n) is 6.84. The number of hydrogen-bond donors (Lipinski definition) is 0. The molecule has 0 spiro atoms. The SMILES string of the molecule is CC1=C/C(=C/C(=O)c2ccc(C)cc2)CC(C)(C)C1. The largest absolute Gasteiger partial charge is 0.289 e. The zero-order chi connectivity index (χ0) is 14.0. The number of carbonyl (C=O) groups is 1. The highest BCUT2D eigenvalue weighted by Gasteiger charge is 2.24. The van der Waals surface area contributed by atoms with Crippen LogP contribution in [-0.2, 0) is 0 Å². The Labute approximate surface area is 116 Å². The van der Waals surface area contributed by atoms with Crippen molar-refractivity contribution in [3.63, 3.8) is 0 Å². The van der Waals surface area contributed by atoms with E-state index in [1.165, 1.54) is 11.1 Å². The molecule has 1 aliphatic carbocycles. The van der Waals surface area contributed by atoms with Crippen LogP contribution in [0.4, 0.5) is 0 Å². The van der Waals surface area contributed by atoms with E-state index < -0.39 is 0 Å². The van der Waals surface area contributed by atoms with Crippen LogP contribution in [0.1, 0.15) is 49.5 Å². The molecule has 19 heavy (non-hydrogen) atoms. The summed E-state index contributed by atoms with van der Waals surface area (Å²) in [5.41, 5.74) is 4.72. The highest BCUT2D eigenvalue weighted by atomic mass is 16.1. The fourth-order valence-corrected chi connectivity index (χ4v) is 2.85. The second-order valence-corrected chi connectivity index (χ2v) is 6.46. The number of allylic oxidation sites excluding steroid dienone is 4. The van der Waals surface area contributed by atoms with Gasteiger partial charge < -0.3 is 0 Å². The van der Waals surface area contributed by atoms with Crippen LogP contribution in [0, 0.1) is 12.3 Å². The molecule has 0 aliphatic heterocycles. The average Bonchev–Trinajstić information content (AvgIpc) is 2.26. The van der Waals surface area contributed by atoms with Gasteiger partial charge in [-0.1, -0.05) is 55.3 Å².